The van der Waals surface area contributed by atoms with Gasteiger partial charge in [0.15, 0.2) is 5.13 Å². The molecule has 15 heavy (non-hydrogen) atoms. The summed E-state index contributed by atoms with van der Waals surface area (Å²) in [6.45, 7) is 5.26. The van der Waals surface area contributed by atoms with Gasteiger partial charge in [0.25, 0.3) is 0 Å². The minimum atomic E-state index is 0.758. The van der Waals surface area contributed by atoms with Gasteiger partial charge < -0.3 is 5.32 Å². The number of nitrogens with zero attached hydrogens (tertiary/aromatic N) is 1. The molecule has 1 fully saturated rings. The lowest BCUT2D eigenvalue weighted by molar-refractivity contribution is 0.998. The first-order valence-electron chi connectivity index (χ1n) is 5.13. The Morgan fingerprint density at radius 2 is 2.27 bits per heavy atom. The largest absolute Gasteiger partial charge is 0.360 e. The zero-order chi connectivity index (χ0) is 10.7. The summed E-state index contributed by atoms with van der Waals surface area (Å²) >= 11 is 5.92. The Kier molecular flexibility index (Phi) is 4.22. The first kappa shape index (κ1) is 11.6. The molecular weight excluding hydrogens is 244 g/mol. The quantitative estimate of drug-likeness (QED) is 0.903. The molecule has 84 valence electrons. The second-order valence-electron chi connectivity index (χ2n) is 3.61. The van der Waals surface area contributed by atoms with Crippen molar-refractivity contribution in [1.29, 1.82) is 0 Å². The predicted octanol–water partition coefficient (Wildman–Crippen LogP) is 3.02. The highest BCUT2D eigenvalue weighted by Crippen LogP contribution is 2.26. The summed E-state index contributed by atoms with van der Waals surface area (Å²) in [7, 11) is 0. The fourth-order valence-corrected chi connectivity index (χ4v) is 4.84. The van der Waals surface area contributed by atoms with Crippen LogP contribution in [0.1, 0.15) is 10.6 Å². The fraction of sp³-hybridized carbons (Fsp3) is 0.700. The van der Waals surface area contributed by atoms with E-state index >= 15 is 0 Å². The molecule has 1 aromatic heterocycles. The van der Waals surface area contributed by atoms with Crippen LogP contribution < -0.4 is 5.32 Å². The van der Waals surface area contributed by atoms with Crippen LogP contribution in [0.15, 0.2) is 0 Å². The van der Waals surface area contributed by atoms with E-state index in [2.05, 4.69) is 47.7 Å². The number of thiazole rings is 1. The SMILES string of the molecule is Cc1nc(NCC2CSCCS2)sc1C. The van der Waals surface area contributed by atoms with Crippen LogP contribution in [0.5, 0.6) is 0 Å². The molecule has 1 saturated heterocycles. The van der Waals surface area contributed by atoms with Gasteiger partial charge >= 0.3 is 0 Å². The van der Waals surface area contributed by atoms with Crippen molar-refractivity contribution in [2.45, 2.75) is 19.1 Å². The third-order valence-corrected chi connectivity index (χ3v) is 6.27. The molecule has 0 spiro atoms. The van der Waals surface area contributed by atoms with Crippen molar-refractivity contribution in [2.75, 3.05) is 29.1 Å². The van der Waals surface area contributed by atoms with E-state index in [1.165, 1.54) is 22.1 Å². The lowest BCUT2D eigenvalue weighted by Gasteiger charge is -2.20. The second kappa shape index (κ2) is 5.46. The van der Waals surface area contributed by atoms with Gasteiger partial charge in [0.1, 0.15) is 0 Å². The van der Waals surface area contributed by atoms with Crippen LogP contribution in [0, 0.1) is 13.8 Å². The monoisotopic (exact) mass is 260 g/mol. The highest BCUT2D eigenvalue weighted by atomic mass is 32.2. The molecule has 1 aromatic rings. The Bertz CT molecular complexity index is 299. The molecule has 0 aliphatic carbocycles. The highest BCUT2D eigenvalue weighted by molar-refractivity contribution is 8.06. The van der Waals surface area contributed by atoms with E-state index in [-0.39, 0.29) is 0 Å². The number of rotatable bonds is 3. The number of aromatic nitrogens is 1. The lowest BCUT2D eigenvalue weighted by atomic mass is 10.4. The zero-order valence-electron chi connectivity index (χ0n) is 9.08. The molecule has 1 atom stereocenters. The molecule has 0 radical (unpaired) electrons. The molecule has 1 N–H and O–H groups in total. The summed E-state index contributed by atoms with van der Waals surface area (Å²) in [4.78, 5) is 5.81. The third-order valence-electron chi connectivity index (χ3n) is 2.39. The molecule has 2 nitrogen and oxygen atoms in total. The van der Waals surface area contributed by atoms with Crippen molar-refractivity contribution >= 4 is 40.0 Å². The average molecular weight is 260 g/mol. The van der Waals surface area contributed by atoms with Gasteiger partial charge in [0.05, 0.1) is 5.69 Å². The van der Waals surface area contributed by atoms with E-state index in [0.717, 1.165) is 22.6 Å². The van der Waals surface area contributed by atoms with E-state index in [0.29, 0.717) is 0 Å². The third kappa shape index (κ3) is 3.29. The molecule has 1 unspecified atom stereocenters. The summed E-state index contributed by atoms with van der Waals surface area (Å²) in [6.07, 6.45) is 0. The number of aryl methyl sites for hydroxylation is 2. The van der Waals surface area contributed by atoms with Gasteiger partial charge in [-0.2, -0.15) is 23.5 Å². The topological polar surface area (TPSA) is 24.9 Å². The Morgan fingerprint density at radius 3 is 2.87 bits per heavy atom. The second-order valence-corrected chi connectivity index (χ2v) is 7.37. The van der Waals surface area contributed by atoms with Gasteiger partial charge in [-0.15, -0.1) is 11.3 Å². The van der Waals surface area contributed by atoms with Crippen molar-refractivity contribution in [1.82, 2.24) is 4.98 Å². The Balaban J connectivity index is 1.81. The number of hydrogen-bond acceptors (Lipinski definition) is 5. The lowest BCUT2D eigenvalue weighted by Crippen LogP contribution is -2.23. The predicted molar refractivity (Wildman–Crippen MR) is 73.6 cm³/mol. The van der Waals surface area contributed by atoms with Gasteiger partial charge in [-0.1, -0.05) is 0 Å². The molecule has 0 bridgehead atoms. The van der Waals surface area contributed by atoms with Crippen LogP contribution in [-0.4, -0.2) is 34.0 Å². The maximum atomic E-state index is 4.49. The Morgan fingerprint density at radius 1 is 1.40 bits per heavy atom. The van der Waals surface area contributed by atoms with Crippen molar-refractivity contribution in [3.05, 3.63) is 10.6 Å². The first-order valence-corrected chi connectivity index (χ1v) is 8.15. The number of hydrogen-bond donors (Lipinski definition) is 1. The molecule has 2 rings (SSSR count). The van der Waals surface area contributed by atoms with Crippen LogP contribution in [0.2, 0.25) is 0 Å². The van der Waals surface area contributed by atoms with E-state index in [1.54, 1.807) is 11.3 Å². The summed E-state index contributed by atoms with van der Waals surface area (Å²) in [5.41, 5.74) is 1.16. The standard InChI is InChI=1S/C10H16N2S3/c1-7-8(2)15-10(12-7)11-5-9-6-13-3-4-14-9/h9H,3-6H2,1-2H3,(H,11,12). The Hall–Kier alpha value is 0.130. The number of nitrogens with one attached hydrogen (secondary N) is 1. The van der Waals surface area contributed by atoms with E-state index in [9.17, 15) is 0 Å². The summed E-state index contributed by atoms with van der Waals surface area (Å²) in [6, 6.07) is 0. The molecular formula is C10H16N2S3. The van der Waals surface area contributed by atoms with E-state index in [4.69, 9.17) is 0 Å². The highest BCUT2D eigenvalue weighted by Gasteiger charge is 2.14. The van der Waals surface area contributed by atoms with Crippen LogP contribution in [-0.2, 0) is 0 Å². The zero-order valence-corrected chi connectivity index (χ0v) is 11.5. The normalized spacial score (nSPS) is 21.6. The van der Waals surface area contributed by atoms with Crippen molar-refractivity contribution in [2.24, 2.45) is 0 Å². The van der Waals surface area contributed by atoms with Gasteiger partial charge in [-0.05, 0) is 13.8 Å². The molecule has 0 amide bonds. The molecule has 0 aromatic carbocycles. The van der Waals surface area contributed by atoms with Crippen molar-refractivity contribution in [3.63, 3.8) is 0 Å². The minimum Gasteiger partial charge on any atom is -0.360 e. The minimum absolute atomic E-state index is 0.758. The van der Waals surface area contributed by atoms with Crippen LogP contribution in [0.4, 0.5) is 5.13 Å². The number of thioether (sulfide) groups is 2. The molecule has 2 heterocycles. The van der Waals surface area contributed by atoms with E-state index in [1.807, 2.05) is 0 Å². The molecule has 5 heteroatoms. The van der Waals surface area contributed by atoms with Crippen LogP contribution in [0.3, 0.4) is 0 Å². The van der Waals surface area contributed by atoms with Crippen molar-refractivity contribution in [3.8, 4) is 0 Å². The smallest absolute Gasteiger partial charge is 0.183 e. The van der Waals surface area contributed by atoms with Gasteiger partial charge in [0.2, 0.25) is 0 Å². The van der Waals surface area contributed by atoms with Gasteiger partial charge in [-0.3, -0.25) is 0 Å². The van der Waals surface area contributed by atoms with Crippen LogP contribution >= 0.6 is 34.9 Å². The molecule has 1 aliphatic rings. The summed E-state index contributed by atoms with van der Waals surface area (Å²) in [5.74, 6) is 3.89. The first-order chi connectivity index (χ1) is 7.25. The average Bonchev–Trinajstić information content (AvgIpc) is 2.57. The van der Waals surface area contributed by atoms with E-state index < -0.39 is 0 Å². The maximum absolute atomic E-state index is 4.49. The summed E-state index contributed by atoms with van der Waals surface area (Å²) < 4.78 is 0. The van der Waals surface area contributed by atoms with Gasteiger partial charge in [-0.25, -0.2) is 4.98 Å². The molecule has 1 aliphatic heterocycles. The number of anilines is 1. The molecule has 0 saturated carbocycles. The Labute approximate surface area is 104 Å². The summed E-state index contributed by atoms with van der Waals surface area (Å²) in [5, 5.41) is 5.29. The van der Waals surface area contributed by atoms with Gasteiger partial charge in [0, 0.05) is 33.9 Å². The maximum Gasteiger partial charge on any atom is 0.183 e. The fourth-order valence-electron chi connectivity index (χ4n) is 1.40. The van der Waals surface area contributed by atoms with Crippen LogP contribution in [0.25, 0.3) is 0 Å². The van der Waals surface area contributed by atoms with Crippen molar-refractivity contribution < 1.29 is 0 Å².